The fourth-order valence-corrected chi connectivity index (χ4v) is 3.24. The Hall–Kier alpha value is -2.25. The lowest BCUT2D eigenvalue weighted by atomic mass is 9.84. The molecule has 0 amide bonds. The third kappa shape index (κ3) is 3.72. The van der Waals surface area contributed by atoms with Crippen LogP contribution in [0.25, 0.3) is 0 Å². The molecule has 0 aliphatic carbocycles. The van der Waals surface area contributed by atoms with Gasteiger partial charge in [-0.15, -0.1) is 0 Å². The van der Waals surface area contributed by atoms with Gasteiger partial charge in [-0.25, -0.2) is 4.98 Å². The molecule has 1 aromatic heterocycles. The van der Waals surface area contributed by atoms with Crippen molar-refractivity contribution in [3.05, 3.63) is 35.0 Å². The van der Waals surface area contributed by atoms with Gasteiger partial charge in [0, 0.05) is 25.2 Å². The van der Waals surface area contributed by atoms with Gasteiger partial charge in [-0.1, -0.05) is 11.6 Å². The highest BCUT2D eigenvalue weighted by Gasteiger charge is 2.35. The van der Waals surface area contributed by atoms with E-state index in [2.05, 4.69) is 9.97 Å². The molecular formula is C17H21ClN4O3. The lowest BCUT2D eigenvalue weighted by molar-refractivity contribution is 0.0113. The smallest absolute Gasteiger partial charge is 0.223 e. The van der Waals surface area contributed by atoms with E-state index in [1.165, 1.54) is 0 Å². The monoisotopic (exact) mass is 364 g/mol. The molecule has 7 nitrogen and oxygen atoms in total. The van der Waals surface area contributed by atoms with Crippen LogP contribution in [0, 0.1) is 0 Å². The van der Waals surface area contributed by atoms with Crippen molar-refractivity contribution in [1.82, 2.24) is 9.97 Å². The average molecular weight is 365 g/mol. The number of nitrogens with zero attached hydrogens (tertiary/aromatic N) is 3. The number of nitrogens with two attached hydrogens (primary N) is 1. The van der Waals surface area contributed by atoms with Crippen molar-refractivity contribution in [2.75, 3.05) is 37.9 Å². The molecule has 0 atom stereocenters. The predicted molar refractivity (Wildman–Crippen MR) is 96.3 cm³/mol. The van der Waals surface area contributed by atoms with Crippen molar-refractivity contribution in [2.24, 2.45) is 0 Å². The van der Waals surface area contributed by atoms with E-state index < -0.39 is 5.60 Å². The quantitative estimate of drug-likeness (QED) is 0.803. The number of piperidine rings is 1. The van der Waals surface area contributed by atoms with Gasteiger partial charge in [0.2, 0.25) is 5.95 Å². The van der Waals surface area contributed by atoms with E-state index in [4.69, 9.17) is 26.8 Å². The van der Waals surface area contributed by atoms with Crippen LogP contribution in [0.3, 0.4) is 0 Å². The number of ether oxygens (including phenoxy) is 2. The summed E-state index contributed by atoms with van der Waals surface area (Å²) in [6.07, 6.45) is 1.07. The van der Waals surface area contributed by atoms with Crippen molar-refractivity contribution in [1.29, 1.82) is 0 Å². The molecule has 0 radical (unpaired) electrons. The number of anilines is 2. The van der Waals surface area contributed by atoms with E-state index in [9.17, 15) is 5.11 Å². The Kier molecular flexibility index (Phi) is 4.87. The summed E-state index contributed by atoms with van der Waals surface area (Å²) < 4.78 is 10.6. The number of methoxy groups -OCH3 is 2. The number of aromatic nitrogens is 2. The van der Waals surface area contributed by atoms with Gasteiger partial charge < -0.3 is 25.2 Å². The summed E-state index contributed by atoms with van der Waals surface area (Å²) in [5.74, 6) is 2.12. The third-order valence-electron chi connectivity index (χ3n) is 4.50. The Morgan fingerprint density at radius 2 is 1.68 bits per heavy atom. The minimum atomic E-state index is -0.958. The van der Waals surface area contributed by atoms with Crippen LogP contribution in [0.15, 0.2) is 24.3 Å². The first-order chi connectivity index (χ1) is 11.9. The molecule has 2 aromatic rings. The normalized spacial score (nSPS) is 16.6. The molecular weight excluding hydrogens is 344 g/mol. The topological polar surface area (TPSA) is 93.7 Å². The molecule has 1 aromatic carbocycles. The maximum atomic E-state index is 11.1. The van der Waals surface area contributed by atoms with Crippen LogP contribution in [-0.2, 0) is 5.60 Å². The van der Waals surface area contributed by atoms with Crippen LogP contribution in [-0.4, -0.2) is 42.4 Å². The van der Waals surface area contributed by atoms with Crippen LogP contribution in [0.4, 0.5) is 11.8 Å². The highest BCUT2D eigenvalue weighted by molar-refractivity contribution is 6.29. The van der Waals surface area contributed by atoms with Gasteiger partial charge in [0.15, 0.2) is 0 Å². The molecule has 134 valence electrons. The molecule has 1 aliphatic rings. The Balaban J connectivity index is 1.80. The Morgan fingerprint density at radius 3 is 2.20 bits per heavy atom. The van der Waals surface area contributed by atoms with Crippen molar-refractivity contribution in [2.45, 2.75) is 18.4 Å². The summed E-state index contributed by atoms with van der Waals surface area (Å²) in [5.41, 5.74) is 5.49. The maximum absolute atomic E-state index is 11.1. The fourth-order valence-electron chi connectivity index (χ4n) is 3.06. The van der Waals surface area contributed by atoms with Crippen LogP contribution < -0.4 is 20.1 Å². The molecule has 1 fully saturated rings. The SMILES string of the molecule is COc1cc(OC)cc(C2(O)CCN(c3cc(Cl)nc(N)n3)CC2)c1. The summed E-state index contributed by atoms with van der Waals surface area (Å²) in [5, 5.41) is 11.4. The van der Waals surface area contributed by atoms with Crippen molar-refractivity contribution in [3.63, 3.8) is 0 Å². The highest BCUT2D eigenvalue weighted by atomic mass is 35.5. The van der Waals surface area contributed by atoms with Crippen LogP contribution in [0.5, 0.6) is 11.5 Å². The lowest BCUT2D eigenvalue weighted by Crippen LogP contribution is -2.43. The van der Waals surface area contributed by atoms with Crippen LogP contribution in [0.2, 0.25) is 5.15 Å². The predicted octanol–water partition coefficient (Wildman–Crippen LogP) is 2.22. The number of nitrogen functional groups attached to an aromatic ring is 1. The number of benzene rings is 1. The molecule has 3 rings (SSSR count). The second-order valence-corrected chi connectivity index (χ2v) is 6.41. The zero-order valence-corrected chi connectivity index (χ0v) is 15.0. The molecule has 3 N–H and O–H groups in total. The Labute approximate surface area is 151 Å². The Morgan fingerprint density at radius 1 is 1.08 bits per heavy atom. The molecule has 0 bridgehead atoms. The Bertz CT molecular complexity index is 721. The van der Waals surface area contributed by atoms with Gasteiger partial charge in [0.25, 0.3) is 0 Å². The van der Waals surface area contributed by atoms with Gasteiger partial charge in [-0.3, -0.25) is 0 Å². The molecule has 25 heavy (non-hydrogen) atoms. The molecule has 8 heteroatoms. The van der Waals surface area contributed by atoms with E-state index in [0.717, 1.165) is 5.56 Å². The zero-order valence-electron chi connectivity index (χ0n) is 14.2. The third-order valence-corrected chi connectivity index (χ3v) is 4.70. The second kappa shape index (κ2) is 6.93. The number of rotatable bonds is 4. The average Bonchev–Trinajstić information content (AvgIpc) is 2.61. The van der Waals surface area contributed by atoms with E-state index in [-0.39, 0.29) is 5.95 Å². The second-order valence-electron chi connectivity index (χ2n) is 6.03. The summed E-state index contributed by atoms with van der Waals surface area (Å²) in [7, 11) is 3.18. The van der Waals surface area contributed by atoms with E-state index in [1.54, 1.807) is 26.4 Å². The van der Waals surface area contributed by atoms with Gasteiger partial charge in [0.1, 0.15) is 22.5 Å². The van der Waals surface area contributed by atoms with Crippen LogP contribution >= 0.6 is 11.6 Å². The first-order valence-electron chi connectivity index (χ1n) is 7.94. The number of halogens is 1. The van der Waals surface area contributed by atoms with Crippen molar-refractivity contribution < 1.29 is 14.6 Å². The number of hydrogen-bond acceptors (Lipinski definition) is 7. The van der Waals surface area contributed by atoms with Gasteiger partial charge >= 0.3 is 0 Å². The lowest BCUT2D eigenvalue weighted by Gasteiger charge is -2.39. The fraction of sp³-hybridized carbons (Fsp3) is 0.412. The zero-order chi connectivity index (χ0) is 18.0. The first-order valence-corrected chi connectivity index (χ1v) is 8.32. The molecule has 0 saturated carbocycles. The highest BCUT2D eigenvalue weighted by Crippen LogP contribution is 2.37. The summed E-state index contributed by atoms with van der Waals surface area (Å²) in [6, 6.07) is 7.15. The number of aliphatic hydroxyl groups is 1. The maximum Gasteiger partial charge on any atom is 0.223 e. The summed E-state index contributed by atoms with van der Waals surface area (Å²) >= 11 is 5.95. The summed E-state index contributed by atoms with van der Waals surface area (Å²) in [4.78, 5) is 10.1. The van der Waals surface area contributed by atoms with Crippen molar-refractivity contribution in [3.8, 4) is 11.5 Å². The van der Waals surface area contributed by atoms with Gasteiger partial charge in [0.05, 0.1) is 19.8 Å². The van der Waals surface area contributed by atoms with Gasteiger partial charge in [-0.2, -0.15) is 4.98 Å². The largest absolute Gasteiger partial charge is 0.497 e. The molecule has 0 spiro atoms. The first kappa shape index (κ1) is 17.6. The molecule has 2 heterocycles. The van der Waals surface area contributed by atoms with E-state index >= 15 is 0 Å². The minimum Gasteiger partial charge on any atom is -0.497 e. The molecule has 1 saturated heterocycles. The molecule has 0 unspecified atom stereocenters. The van der Waals surface area contributed by atoms with Crippen molar-refractivity contribution >= 4 is 23.4 Å². The van der Waals surface area contributed by atoms with E-state index in [0.29, 0.717) is 48.4 Å². The standard InChI is InChI=1S/C17H21ClN4O3/c1-24-12-7-11(8-13(9-12)25-2)17(23)3-5-22(6-4-17)15-10-14(18)20-16(19)21-15/h7-10,23H,3-6H2,1-2H3,(H2,19,20,21). The minimum absolute atomic E-state index is 0.140. The summed E-state index contributed by atoms with van der Waals surface area (Å²) in [6.45, 7) is 1.23. The number of hydrogen-bond donors (Lipinski definition) is 2. The molecule has 1 aliphatic heterocycles. The van der Waals surface area contributed by atoms with Crippen LogP contribution in [0.1, 0.15) is 18.4 Å². The van der Waals surface area contributed by atoms with E-state index in [1.807, 2.05) is 17.0 Å². The van der Waals surface area contributed by atoms with Gasteiger partial charge in [-0.05, 0) is 30.5 Å².